The number of amides is 1. The summed E-state index contributed by atoms with van der Waals surface area (Å²) in [5.74, 6) is -0.288. The minimum Gasteiger partial charge on any atom is -0.466 e. The quantitative estimate of drug-likeness (QED) is 0.0197. The molecule has 1 aliphatic rings. The van der Waals surface area contributed by atoms with Crippen LogP contribution in [-0.4, -0.2) is 100 Å². The van der Waals surface area contributed by atoms with Crippen molar-refractivity contribution in [3.05, 3.63) is 60.8 Å². The maximum absolute atomic E-state index is 12.9. The molecule has 1 rings (SSSR count). The molecule has 7 atom stereocenters. The van der Waals surface area contributed by atoms with Crippen molar-refractivity contribution in [2.24, 2.45) is 0 Å². The minimum absolute atomic E-state index is 0.0643. The summed E-state index contributed by atoms with van der Waals surface area (Å²) in [5.41, 5.74) is 0. The average Bonchev–Trinajstić information content (AvgIpc) is 3.28. The molecule has 6 N–H and O–H groups in total. The van der Waals surface area contributed by atoms with Gasteiger partial charge in [-0.25, -0.2) is 0 Å². The summed E-state index contributed by atoms with van der Waals surface area (Å²) >= 11 is 0. The van der Waals surface area contributed by atoms with Crippen molar-refractivity contribution < 1.29 is 49.3 Å². The molecule has 0 bridgehead atoms. The zero-order chi connectivity index (χ0) is 46.0. The fraction of sp³-hybridized carbons (Fsp3) is 0.769. The number of hydrogen-bond acceptors (Lipinski definition) is 10. The Hall–Kier alpha value is -2.64. The standard InChI is InChI=1S/C52H91NO10/c1-3-5-7-9-11-13-14-15-16-20-24-28-32-36-40-48(57)61-41-37-33-29-25-21-18-17-19-23-27-31-35-39-47(56)53-44(45(55)38-34-30-26-22-12-10-8-6-4-2)43-62-52-51(60)50(59)49(58)46(42-54)63-52/h9,11-12,14-15,18,21-22,34,38,44-46,49-52,54-55,58-60H,3-8,10,13,16-17,19-20,23-33,35-37,39-43H2,1-2H3,(H,53,56)/b11-9-,15-14-,21-18-,22-12+,38-34+. The third-order valence-corrected chi connectivity index (χ3v) is 11.3. The maximum Gasteiger partial charge on any atom is 0.305 e. The van der Waals surface area contributed by atoms with Gasteiger partial charge in [-0.3, -0.25) is 9.59 Å². The molecule has 1 saturated heterocycles. The predicted molar refractivity (Wildman–Crippen MR) is 255 cm³/mol. The highest BCUT2D eigenvalue weighted by molar-refractivity contribution is 5.76. The van der Waals surface area contributed by atoms with E-state index in [1.54, 1.807) is 6.08 Å². The normalized spacial score (nSPS) is 20.5. The molecule has 11 nitrogen and oxygen atoms in total. The van der Waals surface area contributed by atoms with Gasteiger partial charge in [-0.15, -0.1) is 0 Å². The van der Waals surface area contributed by atoms with Crippen LogP contribution in [0.5, 0.6) is 0 Å². The van der Waals surface area contributed by atoms with Crippen LogP contribution in [0.25, 0.3) is 0 Å². The molecule has 11 heteroatoms. The lowest BCUT2D eigenvalue weighted by molar-refractivity contribution is -0.302. The molecule has 364 valence electrons. The molecule has 0 aromatic carbocycles. The van der Waals surface area contributed by atoms with Gasteiger partial charge in [0.05, 0.1) is 32.0 Å². The second-order valence-electron chi connectivity index (χ2n) is 17.1. The Morgan fingerprint density at radius 2 is 1.10 bits per heavy atom. The third-order valence-electron chi connectivity index (χ3n) is 11.3. The zero-order valence-corrected chi connectivity index (χ0v) is 39.5. The van der Waals surface area contributed by atoms with Gasteiger partial charge < -0.3 is 45.1 Å². The van der Waals surface area contributed by atoms with E-state index in [4.69, 9.17) is 14.2 Å². The first-order valence-corrected chi connectivity index (χ1v) is 25.1. The van der Waals surface area contributed by atoms with Crippen LogP contribution in [0.4, 0.5) is 0 Å². The molecule has 1 heterocycles. The summed E-state index contributed by atoms with van der Waals surface area (Å²) in [4.78, 5) is 25.0. The van der Waals surface area contributed by atoms with Crippen molar-refractivity contribution in [1.82, 2.24) is 5.32 Å². The SMILES string of the molecule is CCCC/C=C\C/C=C\CCCCCCCC(=O)OCCCCC/C=C\CCCCCCCC(=O)NC(COC1OC(CO)C(O)C(O)C1O)C(O)/C=C/CC/C=C/CCCCC. The van der Waals surface area contributed by atoms with E-state index in [2.05, 4.69) is 67.8 Å². The Kier molecular flexibility index (Phi) is 38.9. The summed E-state index contributed by atoms with van der Waals surface area (Å²) in [6, 6.07) is -0.846. The zero-order valence-electron chi connectivity index (χ0n) is 39.5. The summed E-state index contributed by atoms with van der Waals surface area (Å²) in [6.07, 6.45) is 41.7. The predicted octanol–water partition coefficient (Wildman–Crippen LogP) is 9.94. The Morgan fingerprint density at radius 3 is 1.71 bits per heavy atom. The number of carbonyl (C=O) groups excluding carboxylic acids is 2. The van der Waals surface area contributed by atoms with E-state index in [-0.39, 0.29) is 18.5 Å². The Morgan fingerprint density at radius 1 is 0.587 bits per heavy atom. The first-order chi connectivity index (χ1) is 30.7. The van der Waals surface area contributed by atoms with Gasteiger partial charge in [0.1, 0.15) is 24.4 Å². The number of unbranched alkanes of at least 4 members (excludes halogenated alkanes) is 19. The van der Waals surface area contributed by atoms with Crippen molar-refractivity contribution in [1.29, 1.82) is 0 Å². The van der Waals surface area contributed by atoms with Gasteiger partial charge >= 0.3 is 5.97 Å². The molecule has 63 heavy (non-hydrogen) atoms. The van der Waals surface area contributed by atoms with E-state index < -0.39 is 49.5 Å². The molecule has 0 saturated carbocycles. The summed E-state index contributed by atoms with van der Waals surface area (Å²) in [7, 11) is 0. The number of aliphatic hydroxyl groups excluding tert-OH is 5. The van der Waals surface area contributed by atoms with Crippen molar-refractivity contribution in [3.8, 4) is 0 Å². The second kappa shape index (κ2) is 42.0. The lowest BCUT2D eigenvalue weighted by Crippen LogP contribution is -2.60. The molecule has 1 aliphatic heterocycles. The number of aliphatic hydroxyl groups is 5. The highest BCUT2D eigenvalue weighted by atomic mass is 16.7. The number of carbonyl (C=O) groups is 2. The molecule has 0 aromatic heterocycles. The van der Waals surface area contributed by atoms with E-state index in [1.165, 1.54) is 57.8 Å². The van der Waals surface area contributed by atoms with E-state index in [9.17, 15) is 35.1 Å². The molecular formula is C52H91NO10. The average molecular weight is 890 g/mol. The van der Waals surface area contributed by atoms with Crippen LogP contribution >= 0.6 is 0 Å². The van der Waals surface area contributed by atoms with Crippen molar-refractivity contribution in [2.75, 3.05) is 19.8 Å². The molecule has 0 aromatic rings. The van der Waals surface area contributed by atoms with Gasteiger partial charge in [0.15, 0.2) is 6.29 Å². The number of allylic oxidation sites excluding steroid dienone is 9. The smallest absolute Gasteiger partial charge is 0.305 e. The molecule has 1 fully saturated rings. The maximum atomic E-state index is 12.9. The van der Waals surface area contributed by atoms with Crippen LogP contribution in [0.1, 0.15) is 194 Å². The fourth-order valence-corrected chi connectivity index (χ4v) is 7.22. The molecule has 7 unspecified atom stereocenters. The number of rotatable bonds is 41. The van der Waals surface area contributed by atoms with Gasteiger partial charge in [0, 0.05) is 12.8 Å². The van der Waals surface area contributed by atoms with Crippen LogP contribution in [0.2, 0.25) is 0 Å². The number of esters is 1. The largest absolute Gasteiger partial charge is 0.466 e. The van der Waals surface area contributed by atoms with Crippen LogP contribution in [-0.2, 0) is 23.8 Å². The minimum atomic E-state index is -1.59. The highest BCUT2D eigenvalue weighted by Gasteiger charge is 2.44. The van der Waals surface area contributed by atoms with Crippen molar-refractivity contribution >= 4 is 11.9 Å². The molecule has 0 radical (unpaired) electrons. The lowest BCUT2D eigenvalue weighted by atomic mass is 9.99. The first-order valence-electron chi connectivity index (χ1n) is 25.1. The number of ether oxygens (including phenoxy) is 3. The van der Waals surface area contributed by atoms with Gasteiger partial charge in [0.2, 0.25) is 5.91 Å². The lowest BCUT2D eigenvalue weighted by Gasteiger charge is -2.40. The topological polar surface area (TPSA) is 175 Å². The van der Waals surface area contributed by atoms with Crippen molar-refractivity contribution in [2.45, 2.75) is 236 Å². The van der Waals surface area contributed by atoms with Gasteiger partial charge in [-0.2, -0.15) is 0 Å². The van der Waals surface area contributed by atoms with E-state index >= 15 is 0 Å². The Labute approximate surface area is 382 Å². The Bertz CT molecular complexity index is 1230. The third kappa shape index (κ3) is 32.6. The molecular weight excluding hydrogens is 799 g/mol. The number of hydrogen-bond donors (Lipinski definition) is 6. The monoisotopic (exact) mass is 890 g/mol. The van der Waals surface area contributed by atoms with Crippen molar-refractivity contribution in [3.63, 3.8) is 0 Å². The van der Waals surface area contributed by atoms with Crippen LogP contribution in [0.3, 0.4) is 0 Å². The number of nitrogens with one attached hydrogen (secondary N) is 1. The van der Waals surface area contributed by atoms with Gasteiger partial charge in [0.25, 0.3) is 0 Å². The summed E-state index contributed by atoms with van der Waals surface area (Å²) < 4.78 is 16.6. The van der Waals surface area contributed by atoms with Crippen LogP contribution in [0.15, 0.2) is 60.8 Å². The first kappa shape index (κ1) is 58.4. The van der Waals surface area contributed by atoms with Gasteiger partial charge in [-0.05, 0) is 103 Å². The molecule has 1 amide bonds. The van der Waals surface area contributed by atoms with E-state index in [0.29, 0.717) is 25.9 Å². The van der Waals surface area contributed by atoms with Crippen LogP contribution in [0, 0.1) is 0 Å². The van der Waals surface area contributed by atoms with E-state index in [1.807, 2.05) is 6.08 Å². The van der Waals surface area contributed by atoms with Crippen LogP contribution < -0.4 is 5.32 Å². The molecule has 0 aliphatic carbocycles. The van der Waals surface area contributed by atoms with Gasteiger partial charge in [-0.1, -0.05) is 139 Å². The second-order valence-corrected chi connectivity index (χ2v) is 17.1. The summed E-state index contributed by atoms with van der Waals surface area (Å²) in [6.45, 7) is 4.11. The highest BCUT2D eigenvalue weighted by Crippen LogP contribution is 2.22. The fourth-order valence-electron chi connectivity index (χ4n) is 7.22. The van der Waals surface area contributed by atoms with E-state index in [0.717, 1.165) is 103 Å². The summed E-state index contributed by atoms with van der Waals surface area (Å²) in [5, 5.41) is 54.0. The Balaban J connectivity index is 2.18. The molecule has 0 spiro atoms.